The third-order valence-electron chi connectivity index (χ3n) is 1.99. The fraction of sp³-hybridized carbons (Fsp3) is 1.00. The lowest BCUT2D eigenvalue weighted by molar-refractivity contribution is 0.477. The molecule has 1 atom stereocenters. The van der Waals surface area contributed by atoms with E-state index in [1.54, 1.807) is 0 Å². The molecular formula is C8H19NO6S4. The number of nitrogens with two attached hydrogens (primary N) is 1. The molecule has 116 valence electrons. The van der Waals surface area contributed by atoms with Crippen molar-refractivity contribution < 1.29 is 25.9 Å². The maximum atomic E-state index is 10.5. The van der Waals surface area contributed by atoms with Crippen LogP contribution >= 0.6 is 21.6 Å². The summed E-state index contributed by atoms with van der Waals surface area (Å²) < 4.78 is 58.8. The summed E-state index contributed by atoms with van der Waals surface area (Å²) in [7, 11) is -4.83. The summed E-state index contributed by atoms with van der Waals surface area (Å²) in [5, 5.41) is 0. The van der Waals surface area contributed by atoms with Crippen LogP contribution < -0.4 is 5.73 Å². The lowest BCUT2D eigenvalue weighted by Crippen LogP contribution is -2.25. The quantitative estimate of drug-likeness (QED) is 0.278. The Morgan fingerprint density at radius 2 is 1.53 bits per heavy atom. The second-order valence-electron chi connectivity index (χ2n) is 3.93. The van der Waals surface area contributed by atoms with Gasteiger partial charge in [0.1, 0.15) is 0 Å². The Morgan fingerprint density at radius 3 is 2.05 bits per heavy atom. The van der Waals surface area contributed by atoms with E-state index in [0.29, 0.717) is 18.6 Å². The van der Waals surface area contributed by atoms with E-state index in [4.69, 9.17) is 14.8 Å². The van der Waals surface area contributed by atoms with E-state index in [2.05, 4.69) is 0 Å². The molecular weight excluding hydrogens is 334 g/mol. The van der Waals surface area contributed by atoms with Gasteiger partial charge in [-0.1, -0.05) is 21.6 Å². The normalized spacial score (nSPS) is 14.5. The lowest BCUT2D eigenvalue weighted by Gasteiger charge is -2.09. The summed E-state index contributed by atoms with van der Waals surface area (Å²) in [6.45, 7) is 0. The highest BCUT2D eigenvalue weighted by Crippen LogP contribution is 2.23. The third-order valence-corrected chi connectivity index (χ3v) is 6.14. The van der Waals surface area contributed by atoms with Gasteiger partial charge in [0.2, 0.25) is 0 Å². The SMILES string of the molecule is N[C@@H](CCS(=O)(=O)O)CSSCCCCS(=O)(=O)O. The molecule has 0 unspecified atom stereocenters. The first-order valence-electron chi connectivity index (χ1n) is 5.50. The van der Waals surface area contributed by atoms with E-state index in [1.807, 2.05) is 0 Å². The van der Waals surface area contributed by atoms with Gasteiger partial charge in [0.15, 0.2) is 0 Å². The van der Waals surface area contributed by atoms with Crippen molar-refractivity contribution in [1.29, 1.82) is 0 Å². The van der Waals surface area contributed by atoms with Gasteiger partial charge in [-0.05, 0) is 19.3 Å². The molecule has 0 aromatic carbocycles. The van der Waals surface area contributed by atoms with Crippen LogP contribution in [-0.4, -0.2) is 55.0 Å². The number of rotatable bonds is 11. The average molecular weight is 354 g/mol. The number of unbranched alkanes of at least 4 members (excludes halogenated alkanes) is 1. The summed E-state index contributed by atoms with van der Waals surface area (Å²) >= 11 is 0. The highest BCUT2D eigenvalue weighted by atomic mass is 33.1. The molecule has 0 saturated carbocycles. The average Bonchev–Trinajstić information content (AvgIpc) is 2.22. The van der Waals surface area contributed by atoms with Crippen molar-refractivity contribution >= 4 is 41.8 Å². The Bertz CT molecular complexity index is 434. The molecule has 11 heteroatoms. The van der Waals surface area contributed by atoms with Crippen LogP contribution in [0.2, 0.25) is 0 Å². The van der Waals surface area contributed by atoms with Crippen molar-refractivity contribution in [1.82, 2.24) is 0 Å². The second kappa shape index (κ2) is 9.42. The van der Waals surface area contributed by atoms with Gasteiger partial charge < -0.3 is 5.73 Å². The van der Waals surface area contributed by atoms with E-state index in [9.17, 15) is 16.8 Å². The number of hydrogen-bond acceptors (Lipinski definition) is 7. The van der Waals surface area contributed by atoms with Gasteiger partial charge in [-0.2, -0.15) is 16.8 Å². The zero-order chi connectivity index (χ0) is 14.9. The van der Waals surface area contributed by atoms with Crippen molar-refractivity contribution in [3.05, 3.63) is 0 Å². The zero-order valence-corrected chi connectivity index (χ0v) is 13.5. The Balaban J connectivity index is 3.44. The van der Waals surface area contributed by atoms with Crippen molar-refractivity contribution in [2.45, 2.75) is 25.3 Å². The first-order chi connectivity index (χ1) is 8.60. The van der Waals surface area contributed by atoms with E-state index in [0.717, 1.165) is 5.75 Å². The highest BCUT2D eigenvalue weighted by Gasteiger charge is 2.10. The van der Waals surface area contributed by atoms with Crippen LogP contribution in [0.25, 0.3) is 0 Å². The monoisotopic (exact) mass is 353 g/mol. The topological polar surface area (TPSA) is 135 Å². The van der Waals surface area contributed by atoms with Gasteiger partial charge in [-0.25, -0.2) is 0 Å². The predicted molar refractivity (Wildman–Crippen MR) is 79.6 cm³/mol. The maximum absolute atomic E-state index is 10.5. The molecule has 0 radical (unpaired) electrons. The Kier molecular flexibility index (Phi) is 9.66. The van der Waals surface area contributed by atoms with Gasteiger partial charge in [0, 0.05) is 17.5 Å². The van der Waals surface area contributed by atoms with E-state index < -0.39 is 20.2 Å². The maximum Gasteiger partial charge on any atom is 0.264 e. The van der Waals surface area contributed by atoms with Crippen LogP contribution in [0.4, 0.5) is 0 Å². The summed E-state index contributed by atoms with van der Waals surface area (Å²) in [6, 6.07) is -0.308. The van der Waals surface area contributed by atoms with E-state index in [1.165, 1.54) is 21.6 Å². The molecule has 0 aromatic heterocycles. The van der Waals surface area contributed by atoms with E-state index >= 15 is 0 Å². The predicted octanol–water partition coefficient (Wildman–Crippen LogP) is 0.641. The first-order valence-corrected chi connectivity index (χ1v) is 11.2. The molecule has 0 aliphatic heterocycles. The summed E-state index contributed by atoms with van der Waals surface area (Å²) in [6.07, 6.45) is 1.27. The van der Waals surface area contributed by atoms with Crippen LogP contribution in [0.3, 0.4) is 0 Å². The van der Waals surface area contributed by atoms with Gasteiger partial charge in [0.05, 0.1) is 11.5 Å². The van der Waals surface area contributed by atoms with Crippen LogP contribution in [0, 0.1) is 0 Å². The van der Waals surface area contributed by atoms with Crippen LogP contribution in [0.15, 0.2) is 0 Å². The molecule has 7 nitrogen and oxygen atoms in total. The molecule has 0 rings (SSSR count). The lowest BCUT2D eigenvalue weighted by atomic mass is 10.3. The van der Waals surface area contributed by atoms with E-state index in [-0.39, 0.29) is 24.0 Å². The zero-order valence-electron chi connectivity index (χ0n) is 10.3. The largest absolute Gasteiger partial charge is 0.327 e. The minimum Gasteiger partial charge on any atom is -0.327 e. The Morgan fingerprint density at radius 1 is 0.947 bits per heavy atom. The molecule has 0 amide bonds. The first kappa shape index (κ1) is 19.5. The molecule has 0 aliphatic rings. The molecule has 0 fully saturated rings. The van der Waals surface area contributed by atoms with Crippen molar-refractivity contribution in [3.63, 3.8) is 0 Å². The van der Waals surface area contributed by atoms with Crippen molar-refractivity contribution in [2.75, 3.05) is 23.0 Å². The molecule has 0 aromatic rings. The molecule has 0 heterocycles. The highest BCUT2D eigenvalue weighted by molar-refractivity contribution is 8.76. The Hall–Kier alpha value is 0.480. The fourth-order valence-corrected chi connectivity index (χ4v) is 4.59. The molecule has 0 aliphatic carbocycles. The molecule has 0 spiro atoms. The van der Waals surface area contributed by atoms with Crippen molar-refractivity contribution in [2.24, 2.45) is 5.73 Å². The third kappa shape index (κ3) is 16.4. The van der Waals surface area contributed by atoms with Crippen LogP contribution in [0.5, 0.6) is 0 Å². The molecule has 4 N–H and O–H groups in total. The smallest absolute Gasteiger partial charge is 0.264 e. The fourth-order valence-electron chi connectivity index (χ4n) is 1.02. The van der Waals surface area contributed by atoms with Crippen LogP contribution in [-0.2, 0) is 20.2 Å². The molecule has 0 saturated heterocycles. The summed E-state index contributed by atoms with van der Waals surface area (Å²) in [5.41, 5.74) is 5.66. The minimum atomic E-state index is -3.95. The van der Waals surface area contributed by atoms with Crippen molar-refractivity contribution in [3.8, 4) is 0 Å². The molecule has 19 heavy (non-hydrogen) atoms. The second-order valence-corrected chi connectivity index (χ2v) is 9.71. The van der Waals surface area contributed by atoms with Gasteiger partial charge in [-0.15, -0.1) is 0 Å². The summed E-state index contributed by atoms with van der Waals surface area (Å²) in [5.74, 6) is 0.712. The standard InChI is InChI=1S/C8H19NO6S4/c9-8(3-6-19(13,14)15)7-17-16-4-1-2-5-18(10,11)12/h8H,1-7,9H2,(H,10,11,12)(H,13,14,15)/t8-/m0/s1. The number of hydrogen-bond donors (Lipinski definition) is 3. The van der Waals surface area contributed by atoms with Crippen LogP contribution in [0.1, 0.15) is 19.3 Å². The Labute approximate surface area is 122 Å². The van der Waals surface area contributed by atoms with Gasteiger partial charge >= 0.3 is 0 Å². The molecule has 0 bridgehead atoms. The van der Waals surface area contributed by atoms with Gasteiger partial charge in [-0.3, -0.25) is 9.11 Å². The van der Waals surface area contributed by atoms with Gasteiger partial charge in [0.25, 0.3) is 20.2 Å². The minimum absolute atomic E-state index is 0.204. The summed E-state index contributed by atoms with van der Waals surface area (Å²) in [4.78, 5) is 0.